The lowest BCUT2D eigenvalue weighted by molar-refractivity contribution is 0.461. The first-order chi connectivity index (χ1) is 8.95. The third-order valence-electron chi connectivity index (χ3n) is 3.70. The van der Waals surface area contributed by atoms with Gasteiger partial charge in [-0.05, 0) is 32.4 Å². The van der Waals surface area contributed by atoms with Crippen LogP contribution in [0.1, 0.15) is 37.4 Å². The fraction of sp³-hybridized carbons (Fsp3) is 0.438. The minimum absolute atomic E-state index is 0.0134. The molecule has 3 heteroatoms. The van der Waals surface area contributed by atoms with E-state index in [1.807, 2.05) is 0 Å². The van der Waals surface area contributed by atoms with Gasteiger partial charge in [0.2, 0.25) is 0 Å². The van der Waals surface area contributed by atoms with Crippen molar-refractivity contribution in [3.8, 4) is 11.3 Å². The largest absolute Gasteiger partial charge is 0.345 e. The zero-order chi connectivity index (χ0) is 14.0. The zero-order valence-electron chi connectivity index (χ0n) is 12.2. The second-order valence-corrected chi connectivity index (χ2v) is 5.80. The van der Waals surface area contributed by atoms with Crippen molar-refractivity contribution in [3.05, 3.63) is 41.3 Å². The Balaban J connectivity index is 2.45. The van der Waals surface area contributed by atoms with E-state index in [1.165, 1.54) is 11.1 Å². The van der Waals surface area contributed by atoms with Gasteiger partial charge in [0.1, 0.15) is 5.82 Å². The van der Waals surface area contributed by atoms with Gasteiger partial charge >= 0.3 is 0 Å². The molecular formula is C16H23N3. The Morgan fingerprint density at radius 3 is 2.53 bits per heavy atom. The van der Waals surface area contributed by atoms with Gasteiger partial charge in [-0.25, -0.2) is 4.98 Å². The van der Waals surface area contributed by atoms with Crippen LogP contribution < -0.4 is 5.73 Å². The van der Waals surface area contributed by atoms with E-state index in [0.717, 1.165) is 23.6 Å². The van der Waals surface area contributed by atoms with Gasteiger partial charge in [0.25, 0.3) is 0 Å². The second kappa shape index (κ2) is 5.17. The number of rotatable bonds is 4. The van der Waals surface area contributed by atoms with Crippen molar-refractivity contribution in [1.82, 2.24) is 9.97 Å². The van der Waals surface area contributed by atoms with E-state index in [0.29, 0.717) is 6.54 Å². The van der Waals surface area contributed by atoms with Crippen LogP contribution in [0.3, 0.4) is 0 Å². The molecule has 0 aliphatic heterocycles. The summed E-state index contributed by atoms with van der Waals surface area (Å²) < 4.78 is 0. The van der Waals surface area contributed by atoms with Crippen LogP contribution in [-0.2, 0) is 5.41 Å². The smallest absolute Gasteiger partial charge is 0.112 e. The van der Waals surface area contributed by atoms with E-state index in [1.54, 1.807) is 0 Å². The number of nitrogens with zero attached hydrogens (tertiary/aromatic N) is 1. The number of aromatic nitrogens is 2. The minimum atomic E-state index is -0.0134. The Labute approximate surface area is 115 Å². The average Bonchev–Trinajstić information content (AvgIpc) is 2.73. The topological polar surface area (TPSA) is 54.7 Å². The lowest BCUT2D eigenvalue weighted by atomic mass is 9.88. The van der Waals surface area contributed by atoms with Crippen molar-refractivity contribution < 1.29 is 0 Å². The molecule has 1 aromatic heterocycles. The maximum Gasteiger partial charge on any atom is 0.112 e. The predicted molar refractivity (Wildman–Crippen MR) is 80.2 cm³/mol. The van der Waals surface area contributed by atoms with E-state index < -0.39 is 0 Å². The van der Waals surface area contributed by atoms with Crippen molar-refractivity contribution in [2.24, 2.45) is 5.73 Å². The van der Waals surface area contributed by atoms with Crippen LogP contribution in [0.2, 0.25) is 0 Å². The number of aryl methyl sites for hydroxylation is 2. The molecular weight excluding hydrogens is 234 g/mol. The SMILES string of the molecule is Cc1ccccc1-c1nc(C(C)(C)CCN)[nH]c1C. The molecule has 0 radical (unpaired) electrons. The van der Waals surface area contributed by atoms with Crippen LogP contribution in [0.4, 0.5) is 0 Å². The Kier molecular flexibility index (Phi) is 3.76. The molecule has 0 atom stereocenters. The number of nitrogens with two attached hydrogens (primary N) is 1. The van der Waals surface area contributed by atoms with Crippen molar-refractivity contribution in [2.75, 3.05) is 6.54 Å². The summed E-state index contributed by atoms with van der Waals surface area (Å²) in [5.41, 5.74) is 10.3. The van der Waals surface area contributed by atoms with Crippen molar-refractivity contribution in [1.29, 1.82) is 0 Å². The first kappa shape index (κ1) is 13.8. The molecule has 1 heterocycles. The third-order valence-corrected chi connectivity index (χ3v) is 3.70. The number of hydrogen-bond donors (Lipinski definition) is 2. The molecule has 0 spiro atoms. The molecule has 2 aromatic rings. The summed E-state index contributed by atoms with van der Waals surface area (Å²) in [7, 11) is 0. The summed E-state index contributed by atoms with van der Waals surface area (Å²) in [6, 6.07) is 8.35. The van der Waals surface area contributed by atoms with Crippen LogP contribution in [-0.4, -0.2) is 16.5 Å². The summed E-state index contributed by atoms with van der Waals surface area (Å²) in [4.78, 5) is 8.25. The third kappa shape index (κ3) is 2.71. The summed E-state index contributed by atoms with van der Waals surface area (Å²) in [6.45, 7) is 9.23. The molecule has 0 bridgehead atoms. The van der Waals surface area contributed by atoms with Crippen LogP contribution in [0, 0.1) is 13.8 Å². The van der Waals surface area contributed by atoms with Gasteiger partial charge in [-0.15, -0.1) is 0 Å². The molecule has 0 aliphatic carbocycles. The highest BCUT2D eigenvalue weighted by molar-refractivity contribution is 5.65. The van der Waals surface area contributed by atoms with Gasteiger partial charge in [-0.1, -0.05) is 38.1 Å². The molecule has 3 nitrogen and oxygen atoms in total. The van der Waals surface area contributed by atoms with Crippen LogP contribution in [0.25, 0.3) is 11.3 Å². The van der Waals surface area contributed by atoms with Crippen molar-refractivity contribution in [3.63, 3.8) is 0 Å². The van der Waals surface area contributed by atoms with Crippen LogP contribution >= 0.6 is 0 Å². The minimum Gasteiger partial charge on any atom is -0.345 e. The Morgan fingerprint density at radius 2 is 1.89 bits per heavy atom. The van der Waals surface area contributed by atoms with E-state index in [9.17, 15) is 0 Å². The summed E-state index contributed by atoms with van der Waals surface area (Å²) in [5, 5.41) is 0. The van der Waals surface area contributed by atoms with Gasteiger partial charge in [0.15, 0.2) is 0 Å². The fourth-order valence-electron chi connectivity index (χ4n) is 2.36. The highest BCUT2D eigenvalue weighted by atomic mass is 15.0. The van der Waals surface area contributed by atoms with Gasteiger partial charge < -0.3 is 10.7 Å². The highest BCUT2D eigenvalue weighted by Crippen LogP contribution is 2.30. The van der Waals surface area contributed by atoms with E-state index in [4.69, 9.17) is 10.7 Å². The molecule has 0 aliphatic rings. The van der Waals surface area contributed by atoms with Gasteiger partial charge in [-0.3, -0.25) is 0 Å². The molecule has 0 unspecified atom stereocenters. The maximum absolute atomic E-state index is 5.69. The standard InChI is InChI=1S/C16H23N3/c1-11-7-5-6-8-13(11)14-12(2)18-15(19-14)16(3,4)9-10-17/h5-8H,9-10,17H2,1-4H3,(H,18,19). The van der Waals surface area contributed by atoms with E-state index >= 15 is 0 Å². The molecule has 102 valence electrons. The zero-order valence-corrected chi connectivity index (χ0v) is 12.2. The molecule has 1 aromatic carbocycles. The number of hydrogen-bond acceptors (Lipinski definition) is 2. The predicted octanol–water partition coefficient (Wildman–Crippen LogP) is 3.32. The van der Waals surface area contributed by atoms with Gasteiger partial charge in [-0.2, -0.15) is 0 Å². The van der Waals surface area contributed by atoms with Crippen LogP contribution in [0.5, 0.6) is 0 Å². The number of H-pyrrole nitrogens is 1. The number of benzene rings is 1. The normalized spacial score (nSPS) is 11.8. The number of nitrogens with one attached hydrogen (secondary N) is 1. The lowest BCUT2D eigenvalue weighted by Crippen LogP contribution is -2.23. The Morgan fingerprint density at radius 1 is 1.21 bits per heavy atom. The molecule has 0 saturated carbocycles. The first-order valence-corrected chi connectivity index (χ1v) is 6.79. The number of imidazole rings is 1. The summed E-state index contributed by atoms with van der Waals surface area (Å²) in [5.74, 6) is 1.02. The van der Waals surface area contributed by atoms with Gasteiger partial charge in [0, 0.05) is 16.7 Å². The quantitative estimate of drug-likeness (QED) is 0.882. The molecule has 0 fully saturated rings. The van der Waals surface area contributed by atoms with E-state index in [-0.39, 0.29) is 5.41 Å². The first-order valence-electron chi connectivity index (χ1n) is 6.79. The summed E-state index contributed by atoms with van der Waals surface area (Å²) in [6.07, 6.45) is 0.924. The van der Waals surface area contributed by atoms with Crippen molar-refractivity contribution >= 4 is 0 Å². The summed E-state index contributed by atoms with van der Waals surface area (Å²) >= 11 is 0. The number of aromatic amines is 1. The molecule has 19 heavy (non-hydrogen) atoms. The van der Waals surface area contributed by atoms with E-state index in [2.05, 4.69) is 56.9 Å². The molecule has 0 saturated heterocycles. The molecule has 2 rings (SSSR count). The Hall–Kier alpha value is -1.61. The monoisotopic (exact) mass is 257 g/mol. The van der Waals surface area contributed by atoms with Crippen molar-refractivity contribution in [2.45, 2.75) is 39.5 Å². The average molecular weight is 257 g/mol. The fourth-order valence-corrected chi connectivity index (χ4v) is 2.36. The van der Waals surface area contributed by atoms with Crippen LogP contribution in [0.15, 0.2) is 24.3 Å². The van der Waals surface area contributed by atoms with Gasteiger partial charge in [0.05, 0.1) is 5.69 Å². The second-order valence-electron chi connectivity index (χ2n) is 5.80. The molecule has 0 amide bonds. The Bertz CT molecular complexity index is 567. The highest BCUT2D eigenvalue weighted by Gasteiger charge is 2.25. The molecule has 3 N–H and O–H groups in total. The maximum atomic E-state index is 5.69. The lowest BCUT2D eigenvalue weighted by Gasteiger charge is -2.20.